The van der Waals surface area contributed by atoms with Crippen LogP contribution in [0, 0.1) is 0 Å². The molecule has 2 rings (SSSR count). The highest BCUT2D eigenvalue weighted by Crippen LogP contribution is 2.28. The van der Waals surface area contributed by atoms with Gasteiger partial charge in [0.2, 0.25) is 0 Å². The molecule has 0 aliphatic carbocycles. The van der Waals surface area contributed by atoms with E-state index in [1.807, 2.05) is 24.3 Å². The molecule has 0 radical (unpaired) electrons. The normalized spacial score (nSPS) is 11.6. The van der Waals surface area contributed by atoms with Gasteiger partial charge in [-0.05, 0) is 36.1 Å². The van der Waals surface area contributed by atoms with Gasteiger partial charge in [0, 0.05) is 0 Å². The van der Waals surface area contributed by atoms with Crippen molar-refractivity contribution in [1.82, 2.24) is 0 Å². The van der Waals surface area contributed by atoms with Crippen molar-refractivity contribution < 1.29 is 14.3 Å². The topological polar surface area (TPSA) is 81.4 Å². The van der Waals surface area contributed by atoms with Gasteiger partial charge in [-0.1, -0.05) is 44.2 Å². The van der Waals surface area contributed by atoms with Gasteiger partial charge in [0.15, 0.2) is 6.61 Å². The highest BCUT2D eigenvalue weighted by Gasteiger charge is 2.13. The molecule has 0 fully saturated rings. The van der Waals surface area contributed by atoms with Crippen LogP contribution in [0.1, 0.15) is 42.1 Å². The van der Waals surface area contributed by atoms with Crippen molar-refractivity contribution in [3.05, 3.63) is 59.7 Å². The van der Waals surface area contributed by atoms with Crippen LogP contribution in [0.2, 0.25) is 0 Å². The lowest BCUT2D eigenvalue weighted by atomic mass is 9.98. The summed E-state index contributed by atoms with van der Waals surface area (Å²) >= 11 is 0. The molecule has 2 amide bonds. The van der Waals surface area contributed by atoms with Crippen molar-refractivity contribution in [2.75, 3.05) is 11.9 Å². The average Bonchev–Trinajstić information content (AvgIpc) is 2.59. The van der Waals surface area contributed by atoms with E-state index in [0.29, 0.717) is 17.4 Å². The number of rotatable bonds is 7. The Morgan fingerprint density at radius 1 is 1.12 bits per heavy atom. The second-order valence-corrected chi connectivity index (χ2v) is 5.59. The molecule has 0 heterocycles. The largest absolute Gasteiger partial charge is 0.483 e. The molecule has 0 aliphatic heterocycles. The third kappa shape index (κ3) is 4.35. The summed E-state index contributed by atoms with van der Waals surface area (Å²) in [7, 11) is 0. The minimum absolute atomic E-state index is 0.138. The number of carbonyl (C=O) groups is 2. The second kappa shape index (κ2) is 8.15. The van der Waals surface area contributed by atoms with Crippen molar-refractivity contribution >= 4 is 17.5 Å². The molecule has 1 atom stereocenters. The van der Waals surface area contributed by atoms with Crippen LogP contribution in [0.25, 0.3) is 0 Å². The molecule has 2 aromatic carbocycles. The second-order valence-electron chi connectivity index (χ2n) is 5.59. The van der Waals surface area contributed by atoms with Crippen LogP contribution in [0.3, 0.4) is 0 Å². The zero-order valence-corrected chi connectivity index (χ0v) is 13.9. The number of ether oxygens (including phenoxy) is 1. The highest BCUT2D eigenvalue weighted by atomic mass is 16.5. The van der Waals surface area contributed by atoms with E-state index < -0.39 is 5.91 Å². The van der Waals surface area contributed by atoms with Crippen molar-refractivity contribution in [3.8, 4) is 5.75 Å². The van der Waals surface area contributed by atoms with E-state index >= 15 is 0 Å². The number of primary amides is 1. The summed E-state index contributed by atoms with van der Waals surface area (Å²) in [6, 6.07) is 14.3. The molecule has 0 saturated heterocycles. The van der Waals surface area contributed by atoms with Gasteiger partial charge >= 0.3 is 0 Å². The van der Waals surface area contributed by atoms with Gasteiger partial charge in [-0.2, -0.15) is 0 Å². The fraction of sp³-hybridized carbons (Fsp3) is 0.263. The Labute approximate surface area is 141 Å². The third-order valence-corrected chi connectivity index (χ3v) is 3.89. The Balaban J connectivity index is 2.04. The number of amides is 2. The summed E-state index contributed by atoms with van der Waals surface area (Å²) in [4.78, 5) is 23.5. The van der Waals surface area contributed by atoms with E-state index in [0.717, 1.165) is 12.0 Å². The third-order valence-electron chi connectivity index (χ3n) is 3.89. The van der Waals surface area contributed by atoms with Gasteiger partial charge in [-0.15, -0.1) is 0 Å². The molecule has 0 aliphatic rings. The van der Waals surface area contributed by atoms with Crippen molar-refractivity contribution in [2.45, 2.75) is 26.2 Å². The van der Waals surface area contributed by atoms with E-state index in [1.54, 1.807) is 24.3 Å². The van der Waals surface area contributed by atoms with Crippen LogP contribution < -0.4 is 15.8 Å². The van der Waals surface area contributed by atoms with Crippen LogP contribution in [0.5, 0.6) is 5.75 Å². The molecule has 1 unspecified atom stereocenters. The maximum atomic E-state index is 12.1. The molecule has 0 saturated carbocycles. The first kappa shape index (κ1) is 17.5. The summed E-state index contributed by atoms with van der Waals surface area (Å²) in [5.41, 5.74) is 7.03. The number of para-hydroxylation sites is 2. The van der Waals surface area contributed by atoms with Crippen molar-refractivity contribution in [1.29, 1.82) is 0 Å². The Kier molecular flexibility index (Phi) is 5.95. The standard InChI is InChI=1S/C19H22N2O3/c1-3-13(2)14-8-5-7-11-17(14)24-12-18(22)21-16-10-6-4-9-15(16)19(20)23/h4-11,13H,3,12H2,1-2H3,(H2,20,23)(H,21,22). The molecule has 126 valence electrons. The lowest BCUT2D eigenvalue weighted by molar-refractivity contribution is -0.118. The maximum absolute atomic E-state index is 12.1. The van der Waals surface area contributed by atoms with Crippen LogP contribution in [0.15, 0.2) is 48.5 Å². The maximum Gasteiger partial charge on any atom is 0.262 e. The van der Waals surface area contributed by atoms with Crippen LogP contribution in [-0.4, -0.2) is 18.4 Å². The molecule has 5 nitrogen and oxygen atoms in total. The molecule has 0 aromatic heterocycles. The highest BCUT2D eigenvalue weighted by molar-refractivity contribution is 6.03. The first-order valence-electron chi connectivity index (χ1n) is 7.93. The van der Waals surface area contributed by atoms with Gasteiger partial charge in [-0.25, -0.2) is 0 Å². The van der Waals surface area contributed by atoms with Gasteiger partial charge in [-0.3, -0.25) is 9.59 Å². The predicted molar refractivity (Wildman–Crippen MR) is 94.2 cm³/mol. The molecular weight excluding hydrogens is 304 g/mol. The molecule has 0 spiro atoms. The SMILES string of the molecule is CCC(C)c1ccccc1OCC(=O)Nc1ccccc1C(N)=O. The fourth-order valence-electron chi connectivity index (χ4n) is 2.38. The minimum Gasteiger partial charge on any atom is -0.483 e. The van der Waals surface area contributed by atoms with Crippen LogP contribution >= 0.6 is 0 Å². The van der Waals surface area contributed by atoms with Crippen molar-refractivity contribution in [3.63, 3.8) is 0 Å². The van der Waals surface area contributed by atoms with E-state index in [1.165, 1.54) is 0 Å². The summed E-state index contributed by atoms with van der Waals surface area (Å²) < 4.78 is 5.67. The quantitative estimate of drug-likeness (QED) is 0.819. The summed E-state index contributed by atoms with van der Waals surface area (Å²) in [5, 5.41) is 2.66. The zero-order valence-electron chi connectivity index (χ0n) is 13.9. The first-order chi connectivity index (χ1) is 11.5. The number of carbonyl (C=O) groups excluding carboxylic acids is 2. The monoisotopic (exact) mass is 326 g/mol. The summed E-state index contributed by atoms with van der Waals surface area (Å²) in [6.07, 6.45) is 0.985. The zero-order chi connectivity index (χ0) is 17.5. The van der Waals surface area contributed by atoms with Gasteiger partial charge < -0.3 is 15.8 Å². The van der Waals surface area contributed by atoms with Crippen LogP contribution in [-0.2, 0) is 4.79 Å². The predicted octanol–water partition coefficient (Wildman–Crippen LogP) is 3.32. The van der Waals surface area contributed by atoms with Crippen LogP contribution in [0.4, 0.5) is 5.69 Å². The molecule has 5 heteroatoms. The molecule has 24 heavy (non-hydrogen) atoms. The lowest BCUT2D eigenvalue weighted by Gasteiger charge is -2.15. The molecule has 3 N–H and O–H groups in total. The van der Waals surface area contributed by atoms with E-state index in [4.69, 9.17) is 10.5 Å². The molecular formula is C19H22N2O3. The first-order valence-corrected chi connectivity index (χ1v) is 7.93. The van der Waals surface area contributed by atoms with E-state index in [9.17, 15) is 9.59 Å². The molecule has 0 bridgehead atoms. The fourth-order valence-corrected chi connectivity index (χ4v) is 2.38. The number of benzene rings is 2. The Hall–Kier alpha value is -2.82. The Morgan fingerprint density at radius 3 is 2.50 bits per heavy atom. The summed E-state index contributed by atoms with van der Waals surface area (Å²) in [6.45, 7) is 4.08. The number of nitrogens with two attached hydrogens (primary N) is 1. The van der Waals surface area contributed by atoms with E-state index in [2.05, 4.69) is 19.2 Å². The Morgan fingerprint density at radius 2 is 1.79 bits per heavy atom. The van der Waals surface area contributed by atoms with E-state index in [-0.39, 0.29) is 18.1 Å². The van der Waals surface area contributed by atoms with Gasteiger partial charge in [0.25, 0.3) is 11.8 Å². The minimum atomic E-state index is -0.589. The smallest absolute Gasteiger partial charge is 0.262 e. The average molecular weight is 326 g/mol. The van der Waals surface area contributed by atoms with Gasteiger partial charge in [0.05, 0.1) is 11.3 Å². The van der Waals surface area contributed by atoms with Gasteiger partial charge in [0.1, 0.15) is 5.75 Å². The Bertz CT molecular complexity index is 728. The number of nitrogens with one attached hydrogen (secondary N) is 1. The molecule has 2 aromatic rings. The lowest BCUT2D eigenvalue weighted by Crippen LogP contribution is -2.23. The summed E-state index contributed by atoms with van der Waals surface area (Å²) in [5.74, 6) is 0.113. The number of anilines is 1. The van der Waals surface area contributed by atoms with Crippen molar-refractivity contribution in [2.24, 2.45) is 5.73 Å². The number of hydrogen-bond donors (Lipinski definition) is 2. The number of hydrogen-bond acceptors (Lipinski definition) is 3.